The molecule has 0 spiro atoms. The number of hydrogen-bond donors (Lipinski definition) is 0. The summed E-state index contributed by atoms with van der Waals surface area (Å²) < 4.78 is 10.7. The summed E-state index contributed by atoms with van der Waals surface area (Å²) in [7, 11) is 3.38. The number of aryl methyl sites for hydroxylation is 1. The topological polar surface area (TPSA) is 18.5 Å². The third kappa shape index (κ3) is 3.65. The van der Waals surface area contributed by atoms with Gasteiger partial charge in [0.05, 0.1) is 14.2 Å². The monoisotopic (exact) mass is 236 g/mol. The van der Waals surface area contributed by atoms with Crippen molar-refractivity contribution >= 4 is 0 Å². The summed E-state index contributed by atoms with van der Waals surface area (Å²) in [4.78, 5) is 0. The van der Waals surface area contributed by atoms with Crippen molar-refractivity contribution in [1.29, 1.82) is 0 Å². The van der Waals surface area contributed by atoms with Crippen molar-refractivity contribution in [3.8, 4) is 11.5 Å². The van der Waals surface area contributed by atoms with Gasteiger partial charge < -0.3 is 9.47 Å². The van der Waals surface area contributed by atoms with Crippen LogP contribution in [-0.2, 0) is 12.8 Å². The van der Waals surface area contributed by atoms with Gasteiger partial charge in [0.1, 0.15) is 0 Å². The molecule has 17 heavy (non-hydrogen) atoms. The van der Waals surface area contributed by atoms with Crippen LogP contribution < -0.4 is 9.47 Å². The minimum absolute atomic E-state index is 0.656. The normalized spacial score (nSPS) is 10.7. The molecule has 0 bridgehead atoms. The number of ether oxygens (including phenoxy) is 2. The van der Waals surface area contributed by atoms with Crippen molar-refractivity contribution < 1.29 is 9.47 Å². The minimum atomic E-state index is 0.656. The standard InChI is InChI=1S/C15H24O2/c1-6-7-12-9-14(16-4)15(17-5)10-13(12)8-11(2)3/h9-11H,6-8H2,1-5H3. The third-order valence-corrected chi connectivity index (χ3v) is 2.85. The van der Waals surface area contributed by atoms with Crippen LogP contribution in [-0.4, -0.2) is 14.2 Å². The first-order valence-corrected chi connectivity index (χ1v) is 6.36. The molecular formula is C15H24O2. The lowest BCUT2D eigenvalue weighted by atomic mass is 9.95. The van der Waals surface area contributed by atoms with Gasteiger partial charge in [-0.15, -0.1) is 0 Å². The van der Waals surface area contributed by atoms with Gasteiger partial charge in [0.15, 0.2) is 11.5 Å². The quantitative estimate of drug-likeness (QED) is 0.746. The summed E-state index contributed by atoms with van der Waals surface area (Å²) in [5.74, 6) is 2.33. The summed E-state index contributed by atoms with van der Waals surface area (Å²) >= 11 is 0. The average Bonchev–Trinajstić information content (AvgIpc) is 2.30. The molecule has 96 valence electrons. The van der Waals surface area contributed by atoms with E-state index in [1.165, 1.54) is 11.1 Å². The Balaban J connectivity index is 3.14. The first kappa shape index (κ1) is 13.9. The van der Waals surface area contributed by atoms with Gasteiger partial charge in [-0.3, -0.25) is 0 Å². The summed E-state index contributed by atoms with van der Waals surface area (Å²) in [5.41, 5.74) is 2.78. The average molecular weight is 236 g/mol. The Labute approximate surface area is 105 Å². The first-order chi connectivity index (χ1) is 8.12. The first-order valence-electron chi connectivity index (χ1n) is 6.36. The Bertz CT molecular complexity index is 356. The predicted octanol–water partition coefficient (Wildman–Crippen LogP) is 3.85. The minimum Gasteiger partial charge on any atom is -0.493 e. The van der Waals surface area contributed by atoms with E-state index >= 15 is 0 Å². The Hall–Kier alpha value is -1.18. The fourth-order valence-corrected chi connectivity index (χ4v) is 2.10. The lowest BCUT2D eigenvalue weighted by Gasteiger charge is -2.16. The van der Waals surface area contributed by atoms with Crippen molar-refractivity contribution in [3.05, 3.63) is 23.3 Å². The molecule has 0 radical (unpaired) electrons. The van der Waals surface area contributed by atoms with E-state index in [1.807, 2.05) is 0 Å². The van der Waals surface area contributed by atoms with Gasteiger partial charge in [0.25, 0.3) is 0 Å². The van der Waals surface area contributed by atoms with Crippen LogP contribution in [0.25, 0.3) is 0 Å². The van der Waals surface area contributed by atoms with Gasteiger partial charge in [-0.1, -0.05) is 27.2 Å². The molecule has 2 nitrogen and oxygen atoms in total. The second-order valence-corrected chi connectivity index (χ2v) is 4.82. The fourth-order valence-electron chi connectivity index (χ4n) is 2.10. The molecule has 1 aromatic carbocycles. The Morgan fingerprint density at radius 1 is 1.00 bits per heavy atom. The Morgan fingerprint density at radius 3 is 1.94 bits per heavy atom. The fraction of sp³-hybridized carbons (Fsp3) is 0.600. The highest BCUT2D eigenvalue weighted by Gasteiger charge is 2.11. The van der Waals surface area contributed by atoms with Crippen molar-refractivity contribution in [3.63, 3.8) is 0 Å². The molecule has 2 heteroatoms. The number of rotatable bonds is 6. The molecule has 0 N–H and O–H groups in total. The van der Waals surface area contributed by atoms with E-state index in [9.17, 15) is 0 Å². The van der Waals surface area contributed by atoms with Gasteiger partial charge in [0, 0.05) is 0 Å². The summed E-state index contributed by atoms with van der Waals surface area (Å²) in [5, 5.41) is 0. The van der Waals surface area contributed by atoms with Crippen LogP contribution in [0.5, 0.6) is 11.5 Å². The van der Waals surface area contributed by atoms with Crippen molar-refractivity contribution in [1.82, 2.24) is 0 Å². The van der Waals surface area contributed by atoms with E-state index < -0.39 is 0 Å². The van der Waals surface area contributed by atoms with Crippen LogP contribution in [0.1, 0.15) is 38.3 Å². The van der Waals surface area contributed by atoms with Gasteiger partial charge in [-0.05, 0) is 42.0 Å². The number of methoxy groups -OCH3 is 2. The second-order valence-electron chi connectivity index (χ2n) is 4.82. The molecule has 0 aromatic heterocycles. The van der Waals surface area contributed by atoms with Crippen LogP contribution in [0, 0.1) is 5.92 Å². The maximum atomic E-state index is 5.37. The zero-order valence-corrected chi connectivity index (χ0v) is 11.7. The van der Waals surface area contributed by atoms with Crippen molar-refractivity contribution in [2.75, 3.05) is 14.2 Å². The number of benzene rings is 1. The Morgan fingerprint density at radius 2 is 1.53 bits per heavy atom. The van der Waals surface area contributed by atoms with Gasteiger partial charge in [0.2, 0.25) is 0 Å². The van der Waals surface area contributed by atoms with E-state index in [0.29, 0.717) is 5.92 Å². The summed E-state index contributed by atoms with van der Waals surface area (Å²) in [6.07, 6.45) is 3.35. The van der Waals surface area contributed by atoms with E-state index in [2.05, 4.69) is 32.9 Å². The van der Waals surface area contributed by atoms with E-state index in [-0.39, 0.29) is 0 Å². The van der Waals surface area contributed by atoms with Crippen LogP contribution in [0.15, 0.2) is 12.1 Å². The van der Waals surface area contributed by atoms with Crippen LogP contribution in [0.2, 0.25) is 0 Å². The zero-order chi connectivity index (χ0) is 12.8. The molecule has 0 fully saturated rings. The third-order valence-electron chi connectivity index (χ3n) is 2.85. The molecule has 0 aliphatic carbocycles. The molecule has 0 aliphatic heterocycles. The highest BCUT2D eigenvalue weighted by atomic mass is 16.5. The molecule has 0 saturated heterocycles. The highest BCUT2D eigenvalue weighted by Crippen LogP contribution is 2.32. The van der Waals surface area contributed by atoms with Gasteiger partial charge >= 0.3 is 0 Å². The molecule has 0 heterocycles. The lowest BCUT2D eigenvalue weighted by Crippen LogP contribution is -2.02. The maximum absolute atomic E-state index is 5.37. The molecule has 1 aromatic rings. The second kappa shape index (κ2) is 6.53. The molecule has 0 aliphatic rings. The van der Waals surface area contributed by atoms with Gasteiger partial charge in [-0.2, -0.15) is 0 Å². The molecule has 0 unspecified atom stereocenters. The zero-order valence-electron chi connectivity index (χ0n) is 11.7. The Kier molecular flexibility index (Phi) is 5.33. The smallest absolute Gasteiger partial charge is 0.161 e. The highest BCUT2D eigenvalue weighted by molar-refractivity contribution is 5.47. The number of hydrogen-bond acceptors (Lipinski definition) is 2. The molecular weight excluding hydrogens is 212 g/mol. The largest absolute Gasteiger partial charge is 0.493 e. The van der Waals surface area contributed by atoms with Crippen LogP contribution in [0.3, 0.4) is 0 Å². The molecule has 0 saturated carbocycles. The molecule has 0 amide bonds. The predicted molar refractivity (Wildman–Crippen MR) is 72.1 cm³/mol. The summed E-state index contributed by atoms with van der Waals surface area (Å²) in [6, 6.07) is 4.25. The SMILES string of the molecule is CCCc1cc(OC)c(OC)cc1CC(C)C. The summed E-state index contributed by atoms with van der Waals surface area (Å²) in [6.45, 7) is 6.69. The molecule has 0 atom stereocenters. The van der Waals surface area contributed by atoms with Crippen molar-refractivity contribution in [2.45, 2.75) is 40.0 Å². The van der Waals surface area contributed by atoms with Crippen molar-refractivity contribution in [2.24, 2.45) is 5.92 Å². The van der Waals surface area contributed by atoms with Gasteiger partial charge in [-0.25, -0.2) is 0 Å². The van der Waals surface area contributed by atoms with Crippen LogP contribution in [0.4, 0.5) is 0 Å². The lowest BCUT2D eigenvalue weighted by molar-refractivity contribution is 0.353. The van der Waals surface area contributed by atoms with Crippen LogP contribution >= 0.6 is 0 Å². The maximum Gasteiger partial charge on any atom is 0.161 e. The van der Waals surface area contributed by atoms with E-state index in [0.717, 1.165) is 30.8 Å². The van der Waals surface area contributed by atoms with E-state index in [1.54, 1.807) is 14.2 Å². The van der Waals surface area contributed by atoms with E-state index in [4.69, 9.17) is 9.47 Å². The molecule has 1 rings (SSSR count).